The highest BCUT2D eigenvalue weighted by Crippen LogP contribution is 2.42. The van der Waals surface area contributed by atoms with Crippen molar-refractivity contribution < 1.29 is 9.18 Å². The van der Waals surface area contributed by atoms with Crippen molar-refractivity contribution in [3.05, 3.63) is 59.5 Å². The standard InChI is InChI=1S/C16H15FN2O/c1-10(20)12-5-6-16(18-9-12)19-15-8-14(15)11-3-2-4-13(17)7-11/h2-7,9,14-15H,8H2,1H3,(H,18,19)/t14-,15+/m0/s1. The summed E-state index contributed by atoms with van der Waals surface area (Å²) in [5, 5.41) is 3.31. The topological polar surface area (TPSA) is 42.0 Å². The normalized spacial score (nSPS) is 20.5. The third-order valence-electron chi connectivity index (χ3n) is 3.57. The molecule has 1 aliphatic carbocycles. The number of carbonyl (C=O) groups excluding carboxylic acids is 1. The number of anilines is 1. The van der Waals surface area contributed by atoms with Crippen LogP contribution in [0.3, 0.4) is 0 Å². The molecule has 0 aliphatic heterocycles. The summed E-state index contributed by atoms with van der Waals surface area (Å²) >= 11 is 0. The molecule has 20 heavy (non-hydrogen) atoms. The van der Waals surface area contributed by atoms with E-state index >= 15 is 0 Å². The van der Waals surface area contributed by atoms with Crippen LogP contribution in [0, 0.1) is 5.82 Å². The first-order valence-electron chi connectivity index (χ1n) is 6.62. The Morgan fingerprint density at radius 3 is 2.85 bits per heavy atom. The molecule has 1 fully saturated rings. The van der Waals surface area contributed by atoms with E-state index in [9.17, 15) is 9.18 Å². The number of rotatable bonds is 4. The highest BCUT2D eigenvalue weighted by molar-refractivity contribution is 5.93. The maximum atomic E-state index is 13.2. The summed E-state index contributed by atoms with van der Waals surface area (Å²) in [5.41, 5.74) is 1.62. The number of nitrogens with one attached hydrogen (secondary N) is 1. The summed E-state index contributed by atoms with van der Waals surface area (Å²) in [6.45, 7) is 1.52. The first-order chi connectivity index (χ1) is 9.63. The highest BCUT2D eigenvalue weighted by Gasteiger charge is 2.38. The smallest absolute Gasteiger partial charge is 0.161 e. The van der Waals surface area contributed by atoms with Crippen LogP contribution in [-0.4, -0.2) is 16.8 Å². The Morgan fingerprint density at radius 2 is 2.20 bits per heavy atom. The van der Waals surface area contributed by atoms with Gasteiger partial charge < -0.3 is 5.32 Å². The van der Waals surface area contributed by atoms with E-state index in [1.807, 2.05) is 6.07 Å². The molecule has 1 aromatic carbocycles. The van der Waals surface area contributed by atoms with Crippen LogP contribution in [0.1, 0.15) is 35.2 Å². The minimum atomic E-state index is -0.197. The molecule has 0 unspecified atom stereocenters. The number of carbonyl (C=O) groups is 1. The maximum absolute atomic E-state index is 13.2. The Kier molecular flexibility index (Phi) is 3.22. The quantitative estimate of drug-likeness (QED) is 0.866. The molecule has 0 amide bonds. The van der Waals surface area contributed by atoms with E-state index in [1.54, 1.807) is 30.5 Å². The predicted molar refractivity (Wildman–Crippen MR) is 75.4 cm³/mol. The lowest BCUT2D eigenvalue weighted by Gasteiger charge is -2.05. The molecular weight excluding hydrogens is 255 g/mol. The van der Waals surface area contributed by atoms with Crippen LogP contribution in [0.4, 0.5) is 10.2 Å². The maximum Gasteiger partial charge on any atom is 0.161 e. The fourth-order valence-electron chi connectivity index (χ4n) is 2.34. The van der Waals surface area contributed by atoms with E-state index in [2.05, 4.69) is 10.3 Å². The number of hydrogen-bond donors (Lipinski definition) is 1. The molecule has 0 saturated heterocycles. The molecule has 0 bridgehead atoms. The SMILES string of the molecule is CC(=O)c1ccc(N[C@@H]2C[C@H]2c2cccc(F)c2)nc1. The molecule has 1 aromatic heterocycles. The van der Waals surface area contributed by atoms with Gasteiger partial charge in [0, 0.05) is 23.7 Å². The number of nitrogens with zero attached hydrogens (tertiary/aromatic N) is 1. The molecule has 1 N–H and O–H groups in total. The van der Waals surface area contributed by atoms with Crippen molar-refractivity contribution in [3.63, 3.8) is 0 Å². The van der Waals surface area contributed by atoms with Crippen LogP contribution in [-0.2, 0) is 0 Å². The summed E-state index contributed by atoms with van der Waals surface area (Å²) in [6, 6.07) is 10.6. The Bertz CT molecular complexity index is 639. The van der Waals surface area contributed by atoms with Gasteiger partial charge in [0.2, 0.25) is 0 Å². The van der Waals surface area contributed by atoms with Crippen molar-refractivity contribution in [2.75, 3.05) is 5.32 Å². The number of benzene rings is 1. The minimum absolute atomic E-state index is 0.00751. The summed E-state index contributed by atoms with van der Waals surface area (Å²) in [6.07, 6.45) is 2.55. The van der Waals surface area contributed by atoms with Gasteiger partial charge in [0.05, 0.1) is 0 Å². The van der Waals surface area contributed by atoms with Gasteiger partial charge in [-0.05, 0) is 43.2 Å². The van der Waals surface area contributed by atoms with E-state index in [-0.39, 0.29) is 17.6 Å². The van der Waals surface area contributed by atoms with E-state index < -0.39 is 0 Å². The van der Waals surface area contributed by atoms with Crippen LogP contribution >= 0.6 is 0 Å². The molecule has 2 atom stereocenters. The van der Waals surface area contributed by atoms with Crippen LogP contribution in [0.5, 0.6) is 0 Å². The van der Waals surface area contributed by atoms with E-state index in [0.717, 1.165) is 17.8 Å². The Hall–Kier alpha value is -2.23. The van der Waals surface area contributed by atoms with Gasteiger partial charge in [0.25, 0.3) is 0 Å². The second-order valence-electron chi connectivity index (χ2n) is 5.14. The lowest BCUT2D eigenvalue weighted by atomic mass is 10.1. The van der Waals surface area contributed by atoms with Gasteiger partial charge in [-0.25, -0.2) is 9.37 Å². The number of hydrogen-bond acceptors (Lipinski definition) is 3. The number of ketones is 1. The molecule has 1 saturated carbocycles. The summed E-state index contributed by atoms with van der Waals surface area (Å²) in [4.78, 5) is 15.4. The summed E-state index contributed by atoms with van der Waals surface area (Å²) in [5.74, 6) is 0.893. The van der Waals surface area contributed by atoms with E-state index in [0.29, 0.717) is 11.5 Å². The lowest BCUT2D eigenvalue weighted by molar-refractivity contribution is 0.101. The van der Waals surface area contributed by atoms with E-state index in [1.165, 1.54) is 13.0 Å². The fraction of sp³-hybridized carbons (Fsp3) is 0.250. The zero-order valence-corrected chi connectivity index (χ0v) is 11.1. The van der Waals surface area contributed by atoms with E-state index in [4.69, 9.17) is 0 Å². The number of halogens is 1. The van der Waals surface area contributed by atoms with Crippen molar-refractivity contribution in [1.82, 2.24) is 4.98 Å². The largest absolute Gasteiger partial charge is 0.367 e. The molecule has 0 radical (unpaired) electrons. The van der Waals surface area contributed by atoms with Crippen LogP contribution < -0.4 is 5.32 Å². The molecule has 1 aliphatic rings. The molecule has 102 valence electrons. The third kappa shape index (κ3) is 2.69. The first kappa shape index (κ1) is 12.8. The van der Waals surface area contributed by atoms with Crippen LogP contribution in [0.15, 0.2) is 42.6 Å². The number of Topliss-reactive ketones (excluding diaryl/α,β-unsaturated/α-hetero) is 1. The van der Waals surface area contributed by atoms with Crippen molar-refractivity contribution in [2.45, 2.75) is 25.3 Å². The fourth-order valence-corrected chi connectivity index (χ4v) is 2.34. The van der Waals surface area contributed by atoms with Gasteiger partial charge in [0.1, 0.15) is 11.6 Å². The second kappa shape index (κ2) is 5.04. The number of aromatic nitrogens is 1. The van der Waals surface area contributed by atoms with Gasteiger partial charge >= 0.3 is 0 Å². The molecule has 3 nitrogen and oxygen atoms in total. The average molecular weight is 270 g/mol. The zero-order valence-electron chi connectivity index (χ0n) is 11.1. The van der Waals surface area contributed by atoms with Gasteiger partial charge in [-0.15, -0.1) is 0 Å². The second-order valence-corrected chi connectivity index (χ2v) is 5.14. The van der Waals surface area contributed by atoms with Gasteiger partial charge in [-0.3, -0.25) is 4.79 Å². The molecular formula is C16H15FN2O. The zero-order chi connectivity index (χ0) is 14.1. The third-order valence-corrected chi connectivity index (χ3v) is 3.57. The highest BCUT2D eigenvalue weighted by atomic mass is 19.1. The molecule has 4 heteroatoms. The van der Waals surface area contributed by atoms with Crippen LogP contribution in [0.25, 0.3) is 0 Å². The monoisotopic (exact) mass is 270 g/mol. The summed E-state index contributed by atoms with van der Waals surface area (Å²) in [7, 11) is 0. The number of pyridine rings is 1. The lowest BCUT2D eigenvalue weighted by Crippen LogP contribution is -2.06. The minimum Gasteiger partial charge on any atom is -0.367 e. The molecule has 0 spiro atoms. The molecule has 3 rings (SSSR count). The van der Waals surface area contributed by atoms with Crippen molar-refractivity contribution in [2.24, 2.45) is 0 Å². The van der Waals surface area contributed by atoms with Gasteiger partial charge in [-0.1, -0.05) is 12.1 Å². The predicted octanol–water partition coefficient (Wildman–Crippen LogP) is 3.39. The first-order valence-corrected chi connectivity index (χ1v) is 6.62. The van der Waals surface area contributed by atoms with Crippen molar-refractivity contribution in [3.8, 4) is 0 Å². The Labute approximate surface area is 116 Å². The van der Waals surface area contributed by atoms with Gasteiger partial charge in [-0.2, -0.15) is 0 Å². The Morgan fingerprint density at radius 1 is 1.35 bits per heavy atom. The molecule has 2 aromatic rings. The Balaban J connectivity index is 1.64. The average Bonchev–Trinajstić information content (AvgIpc) is 3.18. The van der Waals surface area contributed by atoms with Gasteiger partial charge in [0.15, 0.2) is 5.78 Å². The van der Waals surface area contributed by atoms with Crippen molar-refractivity contribution in [1.29, 1.82) is 0 Å². The van der Waals surface area contributed by atoms with Crippen LogP contribution in [0.2, 0.25) is 0 Å². The summed E-state index contributed by atoms with van der Waals surface area (Å²) < 4.78 is 13.2. The molecule has 1 heterocycles. The van der Waals surface area contributed by atoms with Crippen molar-refractivity contribution >= 4 is 11.6 Å².